The van der Waals surface area contributed by atoms with Crippen molar-refractivity contribution >= 4 is 17.5 Å². The smallest absolute Gasteiger partial charge is 0.255 e. The van der Waals surface area contributed by atoms with Gasteiger partial charge in [0.05, 0.1) is 19.4 Å². The minimum Gasteiger partial charge on any atom is -0.493 e. The number of rotatable bonds is 8. The summed E-state index contributed by atoms with van der Waals surface area (Å²) in [4.78, 5) is 23.7. The van der Waals surface area contributed by atoms with E-state index >= 15 is 0 Å². The molecule has 0 bridgehead atoms. The van der Waals surface area contributed by atoms with E-state index in [1.165, 1.54) is 13.2 Å². The van der Waals surface area contributed by atoms with Crippen molar-refractivity contribution in [3.05, 3.63) is 41.5 Å². The number of carbonyl (C=O) groups is 2. The van der Waals surface area contributed by atoms with Crippen LogP contribution in [0.15, 0.2) is 30.3 Å². The molecule has 2 aromatic carbocycles. The van der Waals surface area contributed by atoms with Gasteiger partial charge in [-0.15, -0.1) is 0 Å². The predicted molar refractivity (Wildman–Crippen MR) is 107 cm³/mol. The zero-order valence-corrected chi connectivity index (χ0v) is 16.6. The van der Waals surface area contributed by atoms with Gasteiger partial charge >= 0.3 is 0 Å². The molecule has 0 fully saturated rings. The molecule has 1 atom stereocenters. The summed E-state index contributed by atoms with van der Waals surface area (Å²) in [5.74, 6) is 1.00. The maximum atomic E-state index is 12.8. The molecule has 1 unspecified atom stereocenters. The zero-order valence-electron chi connectivity index (χ0n) is 16.6. The van der Waals surface area contributed by atoms with Crippen LogP contribution in [0.5, 0.6) is 23.0 Å². The largest absolute Gasteiger partial charge is 0.493 e. The van der Waals surface area contributed by atoms with Crippen LogP contribution < -0.4 is 30.0 Å². The van der Waals surface area contributed by atoms with Gasteiger partial charge in [-0.25, -0.2) is 0 Å². The molecule has 3 rings (SSSR count). The second-order valence-electron chi connectivity index (χ2n) is 6.60. The molecule has 1 aliphatic heterocycles. The molecule has 29 heavy (non-hydrogen) atoms. The van der Waals surface area contributed by atoms with Gasteiger partial charge < -0.3 is 30.0 Å². The molecule has 0 radical (unpaired) electrons. The third kappa shape index (κ3) is 4.71. The number of methoxy groups -OCH3 is 1. The monoisotopic (exact) mass is 400 g/mol. The molecular weight excluding hydrogens is 376 g/mol. The number of hydrogen-bond donors (Lipinski definition) is 2. The first-order chi connectivity index (χ1) is 13.9. The molecule has 1 aliphatic rings. The fourth-order valence-corrected chi connectivity index (χ4v) is 3.08. The highest BCUT2D eigenvalue weighted by Crippen LogP contribution is 2.38. The normalized spacial score (nSPS) is 14.5. The van der Waals surface area contributed by atoms with Gasteiger partial charge in [-0.3, -0.25) is 9.59 Å². The van der Waals surface area contributed by atoms with Crippen molar-refractivity contribution in [3.8, 4) is 23.0 Å². The maximum absolute atomic E-state index is 12.8. The second kappa shape index (κ2) is 8.72. The molecule has 1 heterocycles. The number of ether oxygens (including phenoxy) is 4. The van der Waals surface area contributed by atoms with Crippen LogP contribution in [0.4, 0.5) is 5.69 Å². The van der Waals surface area contributed by atoms with Gasteiger partial charge in [-0.05, 0) is 38.1 Å². The summed E-state index contributed by atoms with van der Waals surface area (Å²) in [7, 11) is 1.44. The van der Waals surface area contributed by atoms with Crippen LogP contribution in [0.2, 0.25) is 0 Å². The quantitative estimate of drug-likeness (QED) is 0.705. The number of nitrogens with one attached hydrogen (secondary N) is 1. The lowest BCUT2D eigenvalue weighted by atomic mass is 10.1. The van der Waals surface area contributed by atoms with Crippen LogP contribution in [0.1, 0.15) is 29.8 Å². The number of primary amides is 1. The van der Waals surface area contributed by atoms with Crippen molar-refractivity contribution in [1.29, 1.82) is 0 Å². The summed E-state index contributed by atoms with van der Waals surface area (Å²) in [6.45, 7) is 4.06. The standard InChI is InChI=1S/C21H24N2O6/c1-4-27-18-9-14-7-12(2)29-17(14)10-15(18)23-21(25)13-5-6-16(19(8-13)26-3)28-11-20(22)24/h5-6,8-10,12H,4,7,11H2,1-3H3,(H2,22,24)(H,23,25). The van der Waals surface area contributed by atoms with Crippen molar-refractivity contribution < 1.29 is 28.5 Å². The summed E-state index contributed by atoms with van der Waals surface area (Å²) in [6, 6.07) is 8.33. The topological polar surface area (TPSA) is 109 Å². The number of hydrogen-bond acceptors (Lipinski definition) is 6. The van der Waals surface area contributed by atoms with Crippen molar-refractivity contribution in [2.24, 2.45) is 5.73 Å². The summed E-state index contributed by atoms with van der Waals surface area (Å²) in [5.41, 5.74) is 7.02. The number of anilines is 1. The van der Waals surface area contributed by atoms with Crippen LogP contribution in [0.25, 0.3) is 0 Å². The lowest BCUT2D eigenvalue weighted by Gasteiger charge is -2.15. The van der Waals surface area contributed by atoms with Crippen LogP contribution >= 0.6 is 0 Å². The average molecular weight is 400 g/mol. The number of carbonyl (C=O) groups excluding carboxylic acids is 2. The van der Waals surface area contributed by atoms with Crippen LogP contribution in [0.3, 0.4) is 0 Å². The van der Waals surface area contributed by atoms with Gasteiger partial charge in [0.2, 0.25) is 0 Å². The van der Waals surface area contributed by atoms with E-state index in [4.69, 9.17) is 24.7 Å². The van der Waals surface area contributed by atoms with Gasteiger partial charge in [-0.2, -0.15) is 0 Å². The van der Waals surface area contributed by atoms with E-state index in [1.807, 2.05) is 19.9 Å². The molecule has 2 amide bonds. The second-order valence-corrected chi connectivity index (χ2v) is 6.60. The van der Waals surface area contributed by atoms with E-state index in [1.54, 1.807) is 18.2 Å². The predicted octanol–water partition coefficient (Wildman–Crippen LogP) is 2.53. The van der Waals surface area contributed by atoms with E-state index in [-0.39, 0.29) is 18.6 Å². The fraction of sp³-hybridized carbons (Fsp3) is 0.333. The molecule has 0 saturated heterocycles. The summed E-state index contributed by atoms with van der Waals surface area (Å²) in [5, 5.41) is 2.86. The molecule has 0 saturated carbocycles. The summed E-state index contributed by atoms with van der Waals surface area (Å²) < 4.78 is 22.0. The third-order valence-electron chi connectivity index (χ3n) is 4.34. The van der Waals surface area contributed by atoms with E-state index in [2.05, 4.69) is 5.32 Å². The number of nitrogens with two attached hydrogens (primary N) is 1. The number of fused-ring (bicyclic) bond motifs is 1. The van der Waals surface area contributed by atoms with E-state index in [9.17, 15) is 9.59 Å². The minimum absolute atomic E-state index is 0.0858. The number of amides is 2. The Bertz CT molecular complexity index is 928. The molecule has 8 heteroatoms. The van der Waals surface area contributed by atoms with Gasteiger partial charge in [0.15, 0.2) is 18.1 Å². The molecule has 154 valence electrons. The fourth-order valence-electron chi connectivity index (χ4n) is 3.08. The van der Waals surface area contributed by atoms with E-state index in [0.29, 0.717) is 35.1 Å². The Kier molecular flexibility index (Phi) is 6.11. The van der Waals surface area contributed by atoms with Crippen LogP contribution in [0, 0.1) is 0 Å². The van der Waals surface area contributed by atoms with Gasteiger partial charge in [0, 0.05) is 23.6 Å². The van der Waals surface area contributed by atoms with Gasteiger partial charge in [-0.1, -0.05) is 0 Å². The Morgan fingerprint density at radius 1 is 1.17 bits per heavy atom. The van der Waals surface area contributed by atoms with Crippen molar-refractivity contribution in [2.75, 3.05) is 25.6 Å². The summed E-state index contributed by atoms with van der Waals surface area (Å²) >= 11 is 0. The van der Waals surface area contributed by atoms with E-state index < -0.39 is 5.91 Å². The Morgan fingerprint density at radius 3 is 2.66 bits per heavy atom. The van der Waals surface area contributed by atoms with Crippen molar-refractivity contribution in [3.63, 3.8) is 0 Å². The van der Waals surface area contributed by atoms with Crippen molar-refractivity contribution in [1.82, 2.24) is 0 Å². The highest BCUT2D eigenvalue weighted by Gasteiger charge is 2.23. The van der Waals surface area contributed by atoms with Crippen LogP contribution in [-0.2, 0) is 11.2 Å². The van der Waals surface area contributed by atoms with Crippen LogP contribution in [-0.4, -0.2) is 38.2 Å². The SMILES string of the molecule is CCOc1cc2c(cc1NC(=O)c1ccc(OCC(N)=O)c(OC)c1)OC(C)C2. The Labute approximate surface area is 168 Å². The van der Waals surface area contributed by atoms with Crippen molar-refractivity contribution in [2.45, 2.75) is 26.4 Å². The maximum Gasteiger partial charge on any atom is 0.255 e. The molecular formula is C21H24N2O6. The van der Waals surface area contributed by atoms with E-state index in [0.717, 1.165) is 17.7 Å². The first kappa shape index (κ1) is 20.3. The lowest BCUT2D eigenvalue weighted by Crippen LogP contribution is -2.20. The highest BCUT2D eigenvalue weighted by molar-refractivity contribution is 6.05. The zero-order chi connectivity index (χ0) is 21.0. The Morgan fingerprint density at radius 2 is 1.97 bits per heavy atom. The molecule has 2 aromatic rings. The molecule has 3 N–H and O–H groups in total. The first-order valence-corrected chi connectivity index (χ1v) is 9.28. The first-order valence-electron chi connectivity index (χ1n) is 9.28. The minimum atomic E-state index is -0.606. The Balaban J connectivity index is 1.83. The molecule has 0 spiro atoms. The van der Waals surface area contributed by atoms with Gasteiger partial charge in [0.25, 0.3) is 11.8 Å². The van der Waals surface area contributed by atoms with Gasteiger partial charge in [0.1, 0.15) is 17.6 Å². The summed E-state index contributed by atoms with van der Waals surface area (Å²) in [6.07, 6.45) is 0.885. The molecule has 0 aliphatic carbocycles. The third-order valence-corrected chi connectivity index (χ3v) is 4.34. The highest BCUT2D eigenvalue weighted by atomic mass is 16.5. The Hall–Kier alpha value is -3.42. The molecule has 0 aromatic heterocycles. The average Bonchev–Trinajstić information content (AvgIpc) is 3.05. The molecule has 8 nitrogen and oxygen atoms in total. The number of benzene rings is 2. The lowest BCUT2D eigenvalue weighted by molar-refractivity contribution is -0.119.